The van der Waals surface area contributed by atoms with Gasteiger partial charge in [-0.1, -0.05) is 42.5 Å². The predicted octanol–water partition coefficient (Wildman–Crippen LogP) is 6.39. The van der Waals surface area contributed by atoms with Crippen LogP contribution in [-0.4, -0.2) is 29.6 Å². The first-order valence-electron chi connectivity index (χ1n) is 11.5. The Morgan fingerprint density at radius 1 is 1.06 bits per heavy atom. The van der Waals surface area contributed by atoms with Crippen LogP contribution >= 0.6 is 0 Å². The van der Waals surface area contributed by atoms with E-state index in [1.54, 1.807) is 12.1 Å². The molecule has 1 fully saturated rings. The third-order valence-corrected chi connectivity index (χ3v) is 6.35. The summed E-state index contributed by atoms with van der Waals surface area (Å²) in [7, 11) is 1.43. The molecule has 0 saturated heterocycles. The largest absolute Gasteiger partial charge is 0.573 e. The monoisotopic (exact) mass is 488 g/mol. The number of esters is 1. The fourth-order valence-electron chi connectivity index (χ4n) is 4.48. The Labute approximate surface area is 201 Å². The molecule has 1 saturated carbocycles. The number of halogens is 3. The first-order chi connectivity index (χ1) is 16.8. The first-order valence-corrected chi connectivity index (χ1v) is 11.5. The molecule has 0 atom stereocenters. The van der Waals surface area contributed by atoms with Gasteiger partial charge in [-0.05, 0) is 54.7 Å². The molecule has 3 aromatic rings. The van der Waals surface area contributed by atoms with Crippen LogP contribution < -0.4 is 9.47 Å². The number of aromatic amines is 1. The van der Waals surface area contributed by atoms with Crippen LogP contribution in [0.1, 0.15) is 49.1 Å². The third-order valence-electron chi connectivity index (χ3n) is 6.35. The summed E-state index contributed by atoms with van der Waals surface area (Å²) in [6, 6.07) is 15.8. The van der Waals surface area contributed by atoms with Gasteiger partial charge in [0.25, 0.3) is 0 Å². The average Bonchev–Trinajstić information content (AvgIpc) is 3.32. The standard InChI is InChI=1S/C26H27F3N2O4/c1-33-25(32)14-17-6-8-18(9-7-17)19-10-12-20(13-11-19)22-15-24(31-30-22)34-16-21-4-2-3-5-23(21)35-26(27,28)29/h2-5,10-13,15,17-18H,6-9,14,16H2,1H3,(H,30,31). The van der Waals surface area contributed by atoms with Gasteiger partial charge in [0.1, 0.15) is 12.4 Å². The van der Waals surface area contributed by atoms with Gasteiger partial charge in [0.15, 0.2) is 0 Å². The molecule has 0 amide bonds. The lowest BCUT2D eigenvalue weighted by Crippen LogP contribution is -2.18. The molecule has 9 heteroatoms. The van der Waals surface area contributed by atoms with Crippen molar-refractivity contribution in [2.75, 3.05) is 7.11 Å². The van der Waals surface area contributed by atoms with Gasteiger partial charge in [0.2, 0.25) is 5.88 Å². The van der Waals surface area contributed by atoms with Gasteiger partial charge in [-0.2, -0.15) is 0 Å². The van der Waals surface area contributed by atoms with Crippen LogP contribution in [0.25, 0.3) is 11.3 Å². The molecule has 6 nitrogen and oxygen atoms in total. The lowest BCUT2D eigenvalue weighted by atomic mass is 9.77. The van der Waals surface area contributed by atoms with Gasteiger partial charge in [0.05, 0.1) is 12.8 Å². The van der Waals surface area contributed by atoms with Gasteiger partial charge < -0.3 is 14.2 Å². The number of carbonyl (C=O) groups excluding carboxylic acids is 1. The summed E-state index contributed by atoms with van der Waals surface area (Å²) in [5.41, 5.74) is 3.20. The van der Waals surface area contributed by atoms with Crippen LogP contribution in [0.3, 0.4) is 0 Å². The second-order valence-corrected chi connectivity index (χ2v) is 8.68. The van der Waals surface area contributed by atoms with E-state index in [4.69, 9.17) is 9.47 Å². The SMILES string of the molecule is COC(=O)CC1CCC(c2ccc(-c3cc(OCc4ccccc4OC(F)(F)F)n[nH]3)cc2)CC1. The number of benzene rings is 2. The molecule has 1 heterocycles. The summed E-state index contributed by atoms with van der Waals surface area (Å²) in [6.07, 6.45) is -0.164. The van der Waals surface area contributed by atoms with Crippen molar-refractivity contribution in [2.45, 2.75) is 51.0 Å². The van der Waals surface area contributed by atoms with Gasteiger partial charge in [0, 0.05) is 18.1 Å². The highest BCUT2D eigenvalue weighted by Crippen LogP contribution is 2.38. The topological polar surface area (TPSA) is 73.4 Å². The van der Waals surface area contributed by atoms with E-state index in [9.17, 15) is 18.0 Å². The van der Waals surface area contributed by atoms with Crippen molar-refractivity contribution in [3.8, 4) is 22.9 Å². The van der Waals surface area contributed by atoms with Gasteiger partial charge in [-0.25, -0.2) is 0 Å². The Balaban J connectivity index is 1.33. The molecule has 1 aromatic heterocycles. The lowest BCUT2D eigenvalue weighted by molar-refractivity contribution is -0.275. The molecular formula is C26H27F3N2O4. The first kappa shape index (κ1) is 24.6. The predicted molar refractivity (Wildman–Crippen MR) is 123 cm³/mol. The van der Waals surface area contributed by atoms with Crippen molar-refractivity contribution < 1.29 is 32.2 Å². The molecule has 0 radical (unpaired) electrons. The fourth-order valence-corrected chi connectivity index (χ4v) is 4.48. The van der Waals surface area contributed by atoms with Gasteiger partial charge in [-0.3, -0.25) is 9.89 Å². The number of methoxy groups -OCH3 is 1. The van der Waals surface area contributed by atoms with Crippen molar-refractivity contribution in [3.63, 3.8) is 0 Å². The number of aromatic nitrogens is 2. The second kappa shape index (κ2) is 10.8. The van der Waals surface area contributed by atoms with Crippen molar-refractivity contribution in [1.29, 1.82) is 0 Å². The van der Waals surface area contributed by atoms with Crippen molar-refractivity contribution >= 4 is 5.97 Å². The van der Waals surface area contributed by atoms with Gasteiger partial charge in [-0.15, -0.1) is 18.3 Å². The highest BCUT2D eigenvalue weighted by molar-refractivity contribution is 5.69. The molecule has 4 rings (SSSR count). The lowest BCUT2D eigenvalue weighted by Gasteiger charge is -2.28. The molecule has 186 valence electrons. The maximum Gasteiger partial charge on any atom is 0.573 e. The summed E-state index contributed by atoms with van der Waals surface area (Å²) in [5, 5.41) is 7.02. The maximum atomic E-state index is 12.6. The number of rotatable bonds is 8. The Morgan fingerprint density at radius 2 is 1.77 bits per heavy atom. The molecule has 0 bridgehead atoms. The summed E-state index contributed by atoms with van der Waals surface area (Å²) in [4.78, 5) is 11.5. The quantitative estimate of drug-likeness (QED) is 0.372. The van der Waals surface area contributed by atoms with Crippen LogP contribution in [0.4, 0.5) is 13.2 Å². The van der Waals surface area contributed by atoms with Crippen LogP contribution in [0.15, 0.2) is 54.6 Å². The molecule has 1 aliphatic rings. The minimum absolute atomic E-state index is 0.117. The van der Waals surface area contributed by atoms with E-state index in [-0.39, 0.29) is 29.8 Å². The Morgan fingerprint density at radius 3 is 2.46 bits per heavy atom. The number of H-pyrrole nitrogens is 1. The molecule has 1 N–H and O–H groups in total. The number of ether oxygens (including phenoxy) is 3. The van der Waals surface area contributed by atoms with E-state index in [2.05, 4.69) is 27.1 Å². The normalized spacial score (nSPS) is 18.2. The molecule has 35 heavy (non-hydrogen) atoms. The summed E-state index contributed by atoms with van der Waals surface area (Å²) in [6.45, 7) is -0.117. The number of alkyl halides is 3. The van der Waals surface area contributed by atoms with Crippen molar-refractivity contribution in [2.24, 2.45) is 5.92 Å². The Hall–Kier alpha value is -3.49. The summed E-state index contributed by atoms with van der Waals surface area (Å²) < 4.78 is 52.2. The van der Waals surface area contributed by atoms with Crippen LogP contribution in [0, 0.1) is 5.92 Å². The van der Waals surface area contributed by atoms with Crippen LogP contribution in [-0.2, 0) is 16.1 Å². The number of hydrogen-bond donors (Lipinski definition) is 1. The van der Waals surface area contributed by atoms with Crippen molar-refractivity contribution in [3.05, 3.63) is 65.7 Å². The molecule has 0 aliphatic heterocycles. The minimum atomic E-state index is -4.77. The van der Waals surface area contributed by atoms with E-state index in [0.29, 0.717) is 18.3 Å². The zero-order valence-corrected chi connectivity index (χ0v) is 19.3. The zero-order valence-electron chi connectivity index (χ0n) is 19.3. The second-order valence-electron chi connectivity index (χ2n) is 8.68. The van der Waals surface area contributed by atoms with E-state index in [1.807, 2.05) is 12.1 Å². The summed E-state index contributed by atoms with van der Waals surface area (Å²) in [5.74, 6) is 0.700. The average molecular weight is 489 g/mol. The fraction of sp³-hybridized carbons (Fsp3) is 0.385. The smallest absolute Gasteiger partial charge is 0.472 e. The van der Waals surface area contributed by atoms with Crippen molar-refractivity contribution in [1.82, 2.24) is 10.2 Å². The molecular weight excluding hydrogens is 461 g/mol. The molecule has 1 aliphatic carbocycles. The van der Waals surface area contributed by atoms with Gasteiger partial charge >= 0.3 is 12.3 Å². The number of nitrogens with one attached hydrogen (secondary N) is 1. The molecule has 2 aromatic carbocycles. The maximum absolute atomic E-state index is 12.6. The van der Waals surface area contributed by atoms with E-state index < -0.39 is 6.36 Å². The summed E-state index contributed by atoms with van der Waals surface area (Å²) >= 11 is 0. The highest BCUT2D eigenvalue weighted by Gasteiger charge is 2.32. The van der Waals surface area contributed by atoms with Crippen LogP contribution in [0.2, 0.25) is 0 Å². The van der Waals surface area contributed by atoms with Crippen LogP contribution in [0.5, 0.6) is 11.6 Å². The number of hydrogen-bond acceptors (Lipinski definition) is 5. The van der Waals surface area contributed by atoms with E-state index in [1.165, 1.54) is 30.9 Å². The third kappa shape index (κ3) is 6.77. The number of para-hydroxylation sites is 1. The number of nitrogens with zero attached hydrogens (tertiary/aromatic N) is 1. The van der Waals surface area contributed by atoms with E-state index in [0.717, 1.165) is 36.9 Å². The highest BCUT2D eigenvalue weighted by atomic mass is 19.4. The Bertz CT molecular complexity index is 1120. The number of carbonyl (C=O) groups is 1. The molecule has 0 unspecified atom stereocenters. The molecule has 0 spiro atoms. The Kier molecular flexibility index (Phi) is 7.63. The minimum Gasteiger partial charge on any atom is -0.472 e. The zero-order chi connectivity index (χ0) is 24.8. The van der Waals surface area contributed by atoms with E-state index >= 15 is 0 Å².